The molecule has 0 radical (unpaired) electrons. The predicted octanol–water partition coefficient (Wildman–Crippen LogP) is 2.80. The fraction of sp³-hybridized carbons (Fsp3) is 0. The van der Waals surface area contributed by atoms with E-state index in [1.54, 1.807) is 6.07 Å². The summed E-state index contributed by atoms with van der Waals surface area (Å²) >= 11 is 0. The van der Waals surface area contributed by atoms with Gasteiger partial charge in [-0.2, -0.15) is 0 Å². The van der Waals surface area contributed by atoms with Gasteiger partial charge in [-0.3, -0.25) is 10.1 Å². The fourth-order valence-corrected chi connectivity index (χ4v) is 1.41. The molecule has 2 aromatic rings. The maximum atomic E-state index is 10.8. The van der Waals surface area contributed by atoms with E-state index in [4.69, 9.17) is 4.74 Å². The molecule has 0 aliphatic rings. The Hall–Kier alpha value is -2.76. The molecule has 0 saturated carbocycles. The Morgan fingerprint density at radius 3 is 2.39 bits per heavy atom. The van der Waals surface area contributed by atoms with Crippen LogP contribution in [0.4, 0.5) is 5.69 Å². The number of hydrogen-bond donors (Lipinski definition) is 2. The van der Waals surface area contributed by atoms with Gasteiger partial charge in [-0.1, -0.05) is 18.2 Å². The standard InChI is InChI=1S/C12H9NO5/c14-9-5-3-7-11(12(9)15)18-10-6-2-1-4-8(10)13(16)17/h1-7,14-15H. The topological polar surface area (TPSA) is 92.8 Å². The lowest BCUT2D eigenvalue weighted by molar-refractivity contribution is -0.385. The van der Waals surface area contributed by atoms with Crippen LogP contribution >= 0.6 is 0 Å². The molecule has 2 rings (SSSR count). The quantitative estimate of drug-likeness (QED) is 0.494. The molecule has 0 unspecified atom stereocenters. The number of hydrogen-bond acceptors (Lipinski definition) is 5. The van der Waals surface area contributed by atoms with Gasteiger partial charge in [0.1, 0.15) is 0 Å². The lowest BCUT2D eigenvalue weighted by Crippen LogP contribution is -1.93. The van der Waals surface area contributed by atoms with Crippen molar-refractivity contribution in [1.29, 1.82) is 0 Å². The van der Waals surface area contributed by atoms with Gasteiger partial charge in [0.2, 0.25) is 11.5 Å². The van der Waals surface area contributed by atoms with Crippen LogP contribution in [0.25, 0.3) is 0 Å². The molecule has 0 fully saturated rings. The predicted molar refractivity (Wildman–Crippen MR) is 62.9 cm³/mol. The summed E-state index contributed by atoms with van der Waals surface area (Å²) in [4.78, 5) is 10.2. The number of rotatable bonds is 3. The van der Waals surface area contributed by atoms with E-state index in [0.717, 1.165) is 0 Å². The first-order valence-electron chi connectivity index (χ1n) is 5.02. The summed E-state index contributed by atoms with van der Waals surface area (Å²) in [5.41, 5.74) is -0.222. The highest BCUT2D eigenvalue weighted by Crippen LogP contribution is 2.39. The van der Waals surface area contributed by atoms with Gasteiger partial charge in [-0.05, 0) is 18.2 Å². The van der Waals surface area contributed by atoms with Crippen molar-refractivity contribution < 1.29 is 19.9 Å². The van der Waals surface area contributed by atoms with Gasteiger partial charge in [0.25, 0.3) is 0 Å². The molecular weight excluding hydrogens is 238 g/mol. The van der Waals surface area contributed by atoms with Crippen molar-refractivity contribution in [2.24, 2.45) is 0 Å². The Kier molecular flexibility index (Phi) is 3.01. The first-order valence-corrected chi connectivity index (χ1v) is 5.02. The number of nitrogens with zero attached hydrogens (tertiary/aromatic N) is 1. The average molecular weight is 247 g/mol. The maximum absolute atomic E-state index is 10.8. The Morgan fingerprint density at radius 1 is 1.00 bits per heavy atom. The van der Waals surface area contributed by atoms with Crippen molar-refractivity contribution in [1.82, 2.24) is 0 Å². The molecule has 92 valence electrons. The van der Waals surface area contributed by atoms with E-state index in [1.807, 2.05) is 0 Å². The van der Waals surface area contributed by atoms with Crippen LogP contribution in [0.15, 0.2) is 42.5 Å². The first-order chi connectivity index (χ1) is 8.59. The molecule has 0 atom stereocenters. The van der Waals surface area contributed by atoms with E-state index in [2.05, 4.69) is 0 Å². The van der Waals surface area contributed by atoms with Crippen LogP contribution < -0.4 is 4.74 Å². The third-order valence-electron chi connectivity index (χ3n) is 2.26. The van der Waals surface area contributed by atoms with Crippen molar-refractivity contribution in [3.05, 3.63) is 52.6 Å². The molecule has 2 aromatic carbocycles. The maximum Gasteiger partial charge on any atom is 0.311 e. The van der Waals surface area contributed by atoms with Gasteiger partial charge >= 0.3 is 5.69 Å². The molecule has 6 heteroatoms. The van der Waals surface area contributed by atoms with Crippen molar-refractivity contribution >= 4 is 5.69 Å². The number of para-hydroxylation sites is 3. The van der Waals surface area contributed by atoms with Crippen molar-refractivity contribution in [3.63, 3.8) is 0 Å². The minimum absolute atomic E-state index is 0.0107. The molecular formula is C12H9NO5. The van der Waals surface area contributed by atoms with Crippen molar-refractivity contribution in [2.75, 3.05) is 0 Å². The molecule has 2 N–H and O–H groups in total. The molecule has 0 amide bonds. The van der Waals surface area contributed by atoms with Gasteiger partial charge < -0.3 is 14.9 Å². The molecule has 0 saturated heterocycles. The molecule has 0 bridgehead atoms. The minimum Gasteiger partial charge on any atom is -0.504 e. The van der Waals surface area contributed by atoms with Crippen molar-refractivity contribution in [3.8, 4) is 23.0 Å². The smallest absolute Gasteiger partial charge is 0.311 e. The van der Waals surface area contributed by atoms with Gasteiger partial charge in [-0.25, -0.2) is 0 Å². The van der Waals surface area contributed by atoms with E-state index < -0.39 is 10.7 Å². The zero-order valence-electron chi connectivity index (χ0n) is 9.11. The van der Waals surface area contributed by atoms with Crippen molar-refractivity contribution in [2.45, 2.75) is 0 Å². The van der Waals surface area contributed by atoms with Gasteiger partial charge in [0.05, 0.1) is 4.92 Å². The van der Waals surface area contributed by atoms with E-state index in [-0.39, 0.29) is 22.9 Å². The number of phenols is 2. The number of nitro groups is 1. The summed E-state index contributed by atoms with van der Waals surface area (Å²) in [7, 11) is 0. The lowest BCUT2D eigenvalue weighted by Gasteiger charge is -2.08. The Balaban J connectivity index is 2.40. The minimum atomic E-state index is -0.588. The summed E-state index contributed by atoms with van der Waals surface area (Å²) in [6.07, 6.45) is 0. The summed E-state index contributed by atoms with van der Waals surface area (Å²) in [6.45, 7) is 0. The highest BCUT2D eigenvalue weighted by atomic mass is 16.6. The Bertz CT molecular complexity index is 597. The van der Waals surface area contributed by atoms with Gasteiger partial charge in [0, 0.05) is 6.07 Å². The van der Waals surface area contributed by atoms with Crippen LogP contribution in [0.2, 0.25) is 0 Å². The van der Waals surface area contributed by atoms with Crippen LogP contribution in [0.1, 0.15) is 0 Å². The second-order valence-electron chi connectivity index (χ2n) is 3.45. The largest absolute Gasteiger partial charge is 0.504 e. The van der Waals surface area contributed by atoms with E-state index in [0.29, 0.717) is 0 Å². The van der Waals surface area contributed by atoms with E-state index in [1.165, 1.54) is 36.4 Å². The summed E-state index contributed by atoms with van der Waals surface area (Å²) in [5.74, 6) is -0.880. The van der Waals surface area contributed by atoms with Gasteiger partial charge in [-0.15, -0.1) is 0 Å². The average Bonchev–Trinajstić information content (AvgIpc) is 2.35. The number of nitro benzene ring substituents is 1. The normalized spacial score (nSPS) is 10.0. The van der Waals surface area contributed by atoms with Crippen LogP contribution in [0.3, 0.4) is 0 Å². The summed E-state index contributed by atoms with van der Waals surface area (Å²) in [6, 6.07) is 9.90. The SMILES string of the molecule is O=[N+]([O-])c1ccccc1Oc1cccc(O)c1O. The molecule has 0 aromatic heterocycles. The molecule has 18 heavy (non-hydrogen) atoms. The lowest BCUT2D eigenvalue weighted by atomic mass is 10.2. The Labute approximate surface area is 102 Å². The highest BCUT2D eigenvalue weighted by molar-refractivity contribution is 5.54. The van der Waals surface area contributed by atoms with E-state index in [9.17, 15) is 20.3 Å². The molecule has 0 aliphatic carbocycles. The van der Waals surface area contributed by atoms with Crippen LogP contribution in [-0.2, 0) is 0 Å². The van der Waals surface area contributed by atoms with Crippen LogP contribution in [0.5, 0.6) is 23.0 Å². The van der Waals surface area contributed by atoms with Crippen LogP contribution in [-0.4, -0.2) is 15.1 Å². The number of benzene rings is 2. The second-order valence-corrected chi connectivity index (χ2v) is 3.45. The zero-order chi connectivity index (χ0) is 13.1. The third kappa shape index (κ3) is 2.17. The number of aromatic hydroxyl groups is 2. The monoisotopic (exact) mass is 247 g/mol. The van der Waals surface area contributed by atoms with Crippen LogP contribution in [0, 0.1) is 10.1 Å². The second kappa shape index (κ2) is 4.62. The van der Waals surface area contributed by atoms with E-state index >= 15 is 0 Å². The molecule has 0 aliphatic heterocycles. The molecule has 0 heterocycles. The Morgan fingerprint density at radius 2 is 1.67 bits per heavy atom. The fourth-order valence-electron chi connectivity index (χ4n) is 1.41. The first kappa shape index (κ1) is 11.7. The molecule has 6 nitrogen and oxygen atoms in total. The number of phenolic OH excluding ortho intramolecular Hbond substituents is 2. The summed E-state index contributed by atoms with van der Waals surface area (Å²) < 4.78 is 5.23. The highest BCUT2D eigenvalue weighted by Gasteiger charge is 2.16. The number of ether oxygens (including phenoxy) is 1. The summed E-state index contributed by atoms with van der Waals surface area (Å²) in [5, 5.41) is 29.6. The molecule has 0 spiro atoms. The zero-order valence-corrected chi connectivity index (χ0v) is 9.11. The van der Waals surface area contributed by atoms with Gasteiger partial charge in [0.15, 0.2) is 11.5 Å². The third-order valence-corrected chi connectivity index (χ3v) is 2.26.